The van der Waals surface area contributed by atoms with Crippen molar-refractivity contribution in [1.29, 1.82) is 0 Å². The van der Waals surface area contributed by atoms with Crippen LogP contribution < -0.4 is 24.8 Å². The molecule has 2 heterocycles. The van der Waals surface area contributed by atoms with Crippen LogP contribution >= 0.6 is 0 Å². The summed E-state index contributed by atoms with van der Waals surface area (Å²) in [6.45, 7) is 2.17. The van der Waals surface area contributed by atoms with Crippen LogP contribution in [0.5, 0.6) is 17.2 Å². The monoisotopic (exact) mass is 290 g/mol. The molecule has 3 rings (SSSR count). The molecular formula is C15H18N2O4. The van der Waals surface area contributed by atoms with Crippen molar-refractivity contribution >= 4 is 5.91 Å². The maximum absolute atomic E-state index is 12.0. The largest absolute Gasteiger partial charge is 0.496 e. The highest BCUT2D eigenvalue weighted by molar-refractivity contribution is 5.84. The molecule has 0 aromatic heterocycles. The smallest absolute Gasteiger partial charge is 0.241 e. The molecule has 0 bridgehead atoms. The number of nitrogens with one attached hydrogen (secondary N) is 2. The molecule has 6 nitrogen and oxygen atoms in total. The maximum Gasteiger partial charge on any atom is 0.241 e. The Balaban J connectivity index is 1.71. The summed E-state index contributed by atoms with van der Waals surface area (Å²) in [5.41, 5.74) is 0.858. The zero-order valence-electron chi connectivity index (χ0n) is 11.8. The number of amides is 1. The summed E-state index contributed by atoms with van der Waals surface area (Å²) < 4.78 is 16.4. The van der Waals surface area contributed by atoms with Gasteiger partial charge in [0.2, 0.25) is 5.91 Å². The van der Waals surface area contributed by atoms with Gasteiger partial charge in [-0.15, -0.1) is 0 Å². The van der Waals surface area contributed by atoms with Crippen molar-refractivity contribution in [3.05, 3.63) is 29.8 Å². The van der Waals surface area contributed by atoms with Crippen LogP contribution in [0.25, 0.3) is 0 Å². The van der Waals surface area contributed by atoms with Gasteiger partial charge in [-0.25, -0.2) is 0 Å². The normalized spacial score (nSPS) is 19.4. The van der Waals surface area contributed by atoms with E-state index in [4.69, 9.17) is 14.2 Å². The number of carbonyl (C=O) groups excluding carboxylic acids is 1. The van der Waals surface area contributed by atoms with Crippen molar-refractivity contribution in [2.45, 2.75) is 12.6 Å². The molecule has 1 aromatic rings. The SMILES string of the molecule is COc1cc2c(cc1CNC(=O)[C@@H]1C=CCN1)OCCO2. The lowest BCUT2D eigenvalue weighted by molar-refractivity contribution is -0.122. The number of fused-ring (bicyclic) bond motifs is 1. The predicted octanol–water partition coefficient (Wildman–Crippen LogP) is 0.611. The van der Waals surface area contributed by atoms with Gasteiger partial charge in [-0.3, -0.25) is 10.1 Å². The number of methoxy groups -OCH3 is 1. The fourth-order valence-electron chi connectivity index (χ4n) is 2.38. The Bertz CT molecular complexity index is 571. The van der Waals surface area contributed by atoms with Gasteiger partial charge in [0.1, 0.15) is 25.0 Å². The zero-order valence-corrected chi connectivity index (χ0v) is 11.8. The van der Waals surface area contributed by atoms with Gasteiger partial charge in [0.25, 0.3) is 0 Å². The van der Waals surface area contributed by atoms with Gasteiger partial charge in [-0.2, -0.15) is 0 Å². The summed E-state index contributed by atoms with van der Waals surface area (Å²) >= 11 is 0. The number of hydrogen-bond acceptors (Lipinski definition) is 5. The number of carbonyl (C=O) groups is 1. The highest BCUT2D eigenvalue weighted by Crippen LogP contribution is 2.36. The highest BCUT2D eigenvalue weighted by atomic mass is 16.6. The highest BCUT2D eigenvalue weighted by Gasteiger charge is 2.19. The van der Waals surface area contributed by atoms with E-state index in [1.165, 1.54) is 0 Å². The lowest BCUT2D eigenvalue weighted by Gasteiger charge is -2.21. The van der Waals surface area contributed by atoms with Crippen LogP contribution in [0.15, 0.2) is 24.3 Å². The van der Waals surface area contributed by atoms with E-state index in [1.54, 1.807) is 13.2 Å². The number of ether oxygens (including phenoxy) is 3. The number of rotatable bonds is 4. The molecule has 0 unspecified atom stereocenters. The average Bonchev–Trinajstić information content (AvgIpc) is 3.06. The molecule has 0 fully saturated rings. The van der Waals surface area contributed by atoms with Crippen molar-refractivity contribution in [2.75, 3.05) is 26.9 Å². The van der Waals surface area contributed by atoms with E-state index in [9.17, 15) is 4.79 Å². The van der Waals surface area contributed by atoms with Gasteiger partial charge < -0.3 is 19.5 Å². The summed E-state index contributed by atoms with van der Waals surface area (Å²) in [4.78, 5) is 12.0. The van der Waals surface area contributed by atoms with Crippen LogP contribution in [-0.4, -0.2) is 38.8 Å². The first-order valence-corrected chi connectivity index (χ1v) is 6.92. The summed E-state index contributed by atoms with van der Waals surface area (Å²) in [5, 5.41) is 5.97. The Morgan fingerprint density at radius 2 is 2.14 bits per heavy atom. The van der Waals surface area contributed by atoms with Crippen molar-refractivity contribution in [3.8, 4) is 17.2 Å². The number of hydrogen-bond donors (Lipinski definition) is 2. The summed E-state index contributed by atoms with van der Waals surface area (Å²) in [7, 11) is 1.60. The molecular weight excluding hydrogens is 272 g/mol. The molecule has 21 heavy (non-hydrogen) atoms. The average molecular weight is 290 g/mol. The second kappa shape index (κ2) is 6.05. The Morgan fingerprint density at radius 3 is 2.81 bits per heavy atom. The topological polar surface area (TPSA) is 68.8 Å². The third-order valence-corrected chi connectivity index (χ3v) is 3.46. The van der Waals surface area contributed by atoms with Crippen LogP contribution in [0, 0.1) is 0 Å². The van der Waals surface area contributed by atoms with Crippen molar-refractivity contribution in [1.82, 2.24) is 10.6 Å². The molecule has 0 saturated carbocycles. The Kier molecular flexibility index (Phi) is 3.96. The third kappa shape index (κ3) is 2.95. The van der Waals surface area contributed by atoms with Gasteiger partial charge in [0.15, 0.2) is 11.5 Å². The molecule has 1 aromatic carbocycles. The lowest BCUT2D eigenvalue weighted by Crippen LogP contribution is -2.40. The molecule has 2 aliphatic heterocycles. The standard InChI is InChI=1S/C15H18N2O4/c1-19-12-8-14-13(20-5-6-21-14)7-10(12)9-17-15(18)11-3-2-4-16-11/h2-3,7-8,11,16H,4-6,9H2,1H3,(H,17,18)/t11-/m0/s1. The van der Waals surface area contributed by atoms with E-state index in [-0.39, 0.29) is 11.9 Å². The van der Waals surface area contributed by atoms with Crippen LogP contribution in [0.3, 0.4) is 0 Å². The first-order chi connectivity index (χ1) is 10.3. The summed E-state index contributed by atoms with van der Waals surface area (Å²) in [6, 6.07) is 3.39. The molecule has 2 aliphatic rings. The predicted molar refractivity (Wildman–Crippen MR) is 76.8 cm³/mol. The molecule has 1 amide bonds. The minimum Gasteiger partial charge on any atom is -0.496 e. The van der Waals surface area contributed by atoms with Crippen LogP contribution in [0.4, 0.5) is 0 Å². The van der Waals surface area contributed by atoms with Crippen molar-refractivity contribution in [2.24, 2.45) is 0 Å². The van der Waals surface area contributed by atoms with Crippen LogP contribution in [0.1, 0.15) is 5.56 Å². The van der Waals surface area contributed by atoms with E-state index in [2.05, 4.69) is 10.6 Å². The van der Waals surface area contributed by atoms with Gasteiger partial charge in [-0.05, 0) is 6.07 Å². The van der Waals surface area contributed by atoms with E-state index >= 15 is 0 Å². The zero-order chi connectivity index (χ0) is 14.7. The van der Waals surface area contributed by atoms with Gasteiger partial charge in [-0.1, -0.05) is 12.2 Å². The maximum atomic E-state index is 12.0. The first kappa shape index (κ1) is 13.8. The van der Waals surface area contributed by atoms with E-state index in [0.29, 0.717) is 37.0 Å². The Labute approximate surface area is 123 Å². The molecule has 2 N–H and O–H groups in total. The summed E-state index contributed by atoms with van der Waals surface area (Å²) in [6.07, 6.45) is 3.80. The second-order valence-corrected chi connectivity index (χ2v) is 4.84. The Hall–Kier alpha value is -2.21. The molecule has 6 heteroatoms. The minimum absolute atomic E-state index is 0.0549. The molecule has 1 atom stereocenters. The first-order valence-electron chi connectivity index (χ1n) is 6.92. The van der Waals surface area contributed by atoms with Crippen molar-refractivity contribution in [3.63, 3.8) is 0 Å². The Morgan fingerprint density at radius 1 is 1.38 bits per heavy atom. The summed E-state index contributed by atoms with van der Waals surface area (Å²) in [5.74, 6) is 1.98. The van der Waals surface area contributed by atoms with E-state index < -0.39 is 0 Å². The molecule has 0 saturated heterocycles. The van der Waals surface area contributed by atoms with Gasteiger partial charge in [0, 0.05) is 24.7 Å². The van der Waals surface area contributed by atoms with Crippen LogP contribution in [0.2, 0.25) is 0 Å². The fraction of sp³-hybridized carbons (Fsp3) is 0.400. The molecule has 0 aliphatic carbocycles. The van der Waals surface area contributed by atoms with Crippen LogP contribution in [-0.2, 0) is 11.3 Å². The molecule has 0 spiro atoms. The van der Waals surface area contributed by atoms with Gasteiger partial charge >= 0.3 is 0 Å². The van der Waals surface area contributed by atoms with E-state index in [1.807, 2.05) is 18.2 Å². The quantitative estimate of drug-likeness (QED) is 0.795. The molecule has 112 valence electrons. The van der Waals surface area contributed by atoms with Gasteiger partial charge in [0.05, 0.1) is 7.11 Å². The second-order valence-electron chi connectivity index (χ2n) is 4.84. The number of benzene rings is 1. The lowest BCUT2D eigenvalue weighted by atomic mass is 10.1. The van der Waals surface area contributed by atoms with E-state index in [0.717, 1.165) is 12.1 Å². The van der Waals surface area contributed by atoms with Crippen molar-refractivity contribution < 1.29 is 19.0 Å². The third-order valence-electron chi connectivity index (χ3n) is 3.46. The minimum atomic E-state index is -0.256. The fourth-order valence-corrected chi connectivity index (χ4v) is 2.38. The molecule has 0 radical (unpaired) electrons.